The van der Waals surface area contributed by atoms with Crippen LogP contribution in [0.25, 0.3) is 0 Å². The molecule has 102 valence electrons. The van der Waals surface area contributed by atoms with Gasteiger partial charge in [-0.25, -0.2) is 12.8 Å². The van der Waals surface area contributed by atoms with Gasteiger partial charge in [-0.3, -0.25) is 4.72 Å². The van der Waals surface area contributed by atoms with Gasteiger partial charge in [-0.05, 0) is 32.0 Å². The van der Waals surface area contributed by atoms with Crippen LogP contribution >= 0.6 is 11.6 Å². The summed E-state index contributed by atoms with van der Waals surface area (Å²) in [4.78, 5) is -0.0482. The number of nitrogens with zero attached hydrogens (tertiary/aromatic N) is 1. The molecular weight excluding hydrogens is 295 g/mol. The molecular formula is C11H10ClFN2O3S. The van der Waals surface area contributed by atoms with Crippen LogP contribution in [0, 0.1) is 19.7 Å². The molecule has 0 amide bonds. The van der Waals surface area contributed by atoms with Gasteiger partial charge in [0.05, 0.1) is 10.7 Å². The highest BCUT2D eigenvalue weighted by Crippen LogP contribution is 2.27. The zero-order chi connectivity index (χ0) is 14.2. The fourth-order valence-electron chi connectivity index (χ4n) is 1.63. The third-order valence-electron chi connectivity index (χ3n) is 2.41. The Morgan fingerprint density at radius 2 is 2.05 bits per heavy atom. The molecule has 0 aliphatic heterocycles. The first kappa shape index (κ1) is 13.8. The van der Waals surface area contributed by atoms with E-state index in [0.717, 1.165) is 12.1 Å². The molecule has 1 heterocycles. The number of rotatable bonds is 3. The second-order valence-electron chi connectivity index (χ2n) is 3.88. The Morgan fingerprint density at radius 1 is 1.37 bits per heavy atom. The van der Waals surface area contributed by atoms with E-state index in [9.17, 15) is 12.8 Å². The zero-order valence-electron chi connectivity index (χ0n) is 10.1. The van der Waals surface area contributed by atoms with Crippen molar-refractivity contribution in [2.24, 2.45) is 0 Å². The molecule has 0 saturated carbocycles. The fraction of sp³-hybridized carbons (Fsp3) is 0.182. The van der Waals surface area contributed by atoms with Crippen molar-refractivity contribution in [2.75, 3.05) is 4.72 Å². The van der Waals surface area contributed by atoms with E-state index in [0.29, 0.717) is 0 Å². The molecule has 0 unspecified atom stereocenters. The second-order valence-corrected chi connectivity index (χ2v) is 5.91. The molecule has 0 bridgehead atoms. The summed E-state index contributed by atoms with van der Waals surface area (Å²) >= 11 is 5.77. The highest BCUT2D eigenvalue weighted by atomic mass is 35.5. The highest BCUT2D eigenvalue weighted by molar-refractivity contribution is 7.92. The quantitative estimate of drug-likeness (QED) is 0.946. The average Bonchev–Trinajstić information content (AvgIpc) is 2.63. The Kier molecular flexibility index (Phi) is 3.51. The topological polar surface area (TPSA) is 72.2 Å². The molecule has 0 spiro atoms. The van der Waals surface area contributed by atoms with Gasteiger partial charge in [0, 0.05) is 0 Å². The van der Waals surface area contributed by atoms with E-state index in [2.05, 4.69) is 9.88 Å². The molecule has 19 heavy (non-hydrogen) atoms. The van der Waals surface area contributed by atoms with E-state index in [1.807, 2.05) is 0 Å². The monoisotopic (exact) mass is 304 g/mol. The molecule has 0 atom stereocenters. The molecule has 2 rings (SSSR count). The van der Waals surface area contributed by atoms with Crippen LogP contribution in [0.3, 0.4) is 0 Å². The van der Waals surface area contributed by atoms with Crippen molar-refractivity contribution in [3.05, 3.63) is 40.5 Å². The van der Waals surface area contributed by atoms with Crippen LogP contribution in [0.1, 0.15) is 11.5 Å². The maximum atomic E-state index is 12.9. The zero-order valence-corrected chi connectivity index (χ0v) is 11.6. The van der Waals surface area contributed by atoms with Crippen molar-refractivity contribution in [1.29, 1.82) is 0 Å². The largest absolute Gasteiger partial charge is 0.360 e. The van der Waals surface area contributed by atoms with Crippen LogP contribution in [0.15, 0.2) is 27.6 Å². The molecule has 0 fully saturated rings. The molecule has 0 aliphatic rings. The Labute approximate surface area is 114 Å². The van der Waals surface area contributed by atoms with E-state index < -0.39 is 15.8 Å². The SMILES string of the molecule is Cc1noc(C)c1S(=O)(=O)Nc1ccc(F)cc1Cl. The molecule has 0 radical (unpaired) electrons. The third-order valence-corrected chi connectivity index (χ3v) is 4.33. The van der Waals surface area contributed by atoms with Gasteiger partial charge in [0.1, 0.15) is 11.5 Å². The lowest BCUT2D eigenvalue weighted by Crippen LogP contribution is -2.14. The van der Waals surface area contributed by atoms with Crippen molar-refractivity contribution in [2.45, 2.75) is 18.7 Å². The Balaban J connectivity index is 2.42. The van der Waals surface area contributed by atoms with Gasteiger partial charge in [-0.2, -0.15) is 0 Å². The van der Waals surface area contributed by atoms with Gasteiger partial charge in [0.15, 0.2) is 10.7 Å². The van der Waals surface area contributed by atoms with E-state index in [1.165, 1.54) is 19.9 Å². The van der Waals surface area contributed by atoms with Gasteiger partial charge in [-0.15, -0.1) is 0 Å². The number of halogens is 2. The predicted octanol–water partition coefficient (Wildman–Crippen LogP) is 2.88. The summed E-state index contributed by atoms with van der Waals surface area (Å²) in [7, 11) is -3.88. The van der Waals surface area contributed by atoms with Crippen molar-refractivity contribution in [3.63, 3.8) is 0 Å². The first-order valence-electron chi connectivity index (χ1n) is 5.22. The average molecular weight is 305 g/mol. The number of aromatic nitrogens is 1. The number of hydrogen-bond donors (Lipinski definition) is 1. The lowest BCUT2D eigenvalue weighted by atomic mass is 10.3. The minimum absolute atomic E-state index is 0.0321. The summed E-state index contributed by atoms with van der Waals surface area (Å²) in [5.41, 5.74) is 0.325. The first-order valence-corrected chi connectivity index (χ1v) is 7.08. The summed E-state index contributed by atoms with van der Waals surface area (Å²) in [6.45, 7) is 3.00. The van der Waals surface area contributed by atoms with Gasteiger partial charge in [0.2, 0.25) is 0 Å². The van der Waals surface area contributed by atoms with Crippen molar-refractivity contribution in [3.8, 4) is 0 Å². The molecule has 1 aromatic carbocycles. The van der Waals surface area contributed by atoms with Crippen molar-refractivity contribution in [1.82, 2.24) is 5.16 Å². The Hall–Kier alpha value is -1.60. The summed E-state index contributed by atoms with van der Waals surface area (Å²) < 4.78 is 44.3. The maximum absolute atomic E-state index is 12.9. The minimum Gasteiger partial charge on any atom is -0.360 e. The number of nitrogens with one attached hydrogen (secondary N) is 1. The lowest BCUT2D eigenvalue weighted by Gasteiger charge is -2.09. The van der Waals surface area contributed by atoms with Crippen molar-refractivity contribution >= 4 is 27.3 Å². The van der Waals surface area contributed by atoms with Crippen LogP contribution in [0.4, 0.5) is 10.1 Å². The van der Waals surface area contributed by atoms with Crippen LogP contribution < -0.4 is 4.72 Å². The first-order chi connectivity index (χ1) is 8.81. The molecule has 0 saturated heterocycles. The van der Waals surface area contributed by atoms with Crippen molar-refractivity contribution < 1.29 is 17.3 Å². The van der Waals surface area contributed by atoms with E-state index >= 15 is 0 Å². The highest BCUT2D eigenvalue weighted by Gasteiger charge is 2.24. The molecule has 1 aromatic heterocycles. The standard InChI is InChI=1S/C11H10ClFN2O3S/c1-6-11(7(2)18-14-6)19(16,17)15-10-4-3-8(13)5-9(10)12/h3-5,15H,1-2H3. The van der Waals surface area contributed by atoms with Crippen LogP contribution in [-0.4, -0.2) is 13.6 Å². The summed E-state index contributed by atoms with van der Waals surface area (Å²) in [6.07, 6.45) is 0. The molecule has 8 heteroatoms. The predicted molar refractivity (Wildman–Crippen MR) is 68.2 cm³/mol. The molecule has 0 aliphatic carbocycles. The molecule has 5 nitrogen and oxygen atoms in total. The van der Waals surface area contributed by atoms with Crippen LogP contribution in [-0.2, 0) is 10.0 Å². The number of sulfonamides is 1. The fourth-order valence-corrected chi connectivity index (χ4v) is 3.31. The van der Waals surface area contributed by atoms with Gasteiger partial charge in [-0.1, -0.05) is 16.8 Å². The number of hydrogen-bond acceptors (Lipinski definition) is 4. The van der Waals surface area contributed by atoms with E-state index in [4.69, 9.17) is 16.1 Å². The van der Waals surface area contributed by atoms with E-state index in [-0.39, 0.29) is 27.1 Å². The molecule has 2 aromatic rings. The van der Waals surface area contributed by atoms with Crippen LogP contribution in [0.2, 0.25) is 5.02 Å². The van der Waals surface area contributed by atoms with Gasteiger partial charge in [0.25, 0.3) is 10.0 Å². The van der Waals surface area contributed by atoms with Gasteiger partial charge < -0.3 is 4.52 Å². The Morgan fingerprint density at radius 3 is 2.58 bits per heavy atom. The second kappa shape index (κ2) is 4.82. The summed E-state index contributed by atoms with van der Waals surface area (Å²) in [5, 5.41) is 3.54. The number of aryl methyl sites for hydroxylation is 2. The normalized spacial score (nSPS) is 11.6. The summed E-state index contributed by atoms with van der Waals surface area (Å²) in [5.74, 6) is -0.381. The third kappa shape index (κ3) is 2.71. The summed E-state index contributed by atoms with van der Waals surface area (Å²) in [6, 6.07) is 3.37. The molecule has 1 N–H and O–H groups in total. The van der Waals surface area contributed by atoms with Crippen LogP contribution in [0.5, 0.6) is 0 Å². The van der Waals surface area contributed by atoms with E-state index in [1.54, 1.807) is 0 Å². The minimum atomic E-state index is -3.88. The number of anilines is 1. The lowest BCUT2D eigenvalue weighted by molar-refractivity contribution is 0.390. The maximum Gasteiger partial charge on any atom is 0.267 e. The smallest absolute Gasteiger partial charge is 0.267 e. The number of benzene rings is 1. The van der Waals surface area contributed by atoms with Gasteiger partial charge >= 0.3 is 0 Å². The Bertz CT molecular complexity index is 708.